The van der Waals surface area contributed by atoms with Gasteiger partial charge in [0.1, 0.15) is 0 Å². The van der Waals surface area contributed by atoms with Crippen molar-refractivity contribution in [2.75, 3.05) is 13.2 Å². The van der Waals surface area contributed by atoms with Crippen molar-refractivity contribution in [1.82, 2.24) is 0 Å². The van der Waals surface area contributed by atoms with E-state index in [2.05, 4.69) is 27.7 Å². The highest BCUT2D eigenvalue weighted by molar-refractivity contribution is 6.03. The lowest BCUT2D eigenvalue weighted by Crippen LogP contribution is -2.19. The first-order chi connectivity index (χ1) is 27.6. The zero-order valence-corrected chi connectivity index (χ0v) is 38.0. The van der Waals surface area contributed by atoms with E-state index in [-0.39, 0.29) is 0 Å². The smallest absolute Gasteiger partial charge is 0.339 e. The summed E-state index contributed by atoms with van der Waals surface area (Å²) in [5.41, 5.74) is 0.640. The van der Waals surface area contributed by atoms with Gasteiger partial charge in [-0.05, 0) is 36.8 Å². The molecule has 0 fully saturated rings. The summed E-state index contributed by atoms with van der Waals surface area (Å²) in [6.45, 7) is 9.76. The molecular formula is C52H94O4. The molecule has 326 valence electrons. The zero-order chi connectivity index (χ0) is 40.6. The number of carbonyl (C=O) groups is 2. The lowest BCUT2D eigenvalue weighted by molar-refractivity contribution is 0.0381. The topological polar surface area (TPSA) is 52.6 Å². The van der Waals surface area contributed by atoms with Crippen LogP contribution < -0.4 is 0 Å². The maximum atomic E-state index is 13.2. The summed E-state index contributed by atoms with van der Waals surface area (Å²) >= 11 is 0. The van der Waals surface area contributed by atoms with Crippen molar-refractivity contribution in [2.45, 2.75) is 259 Å². The van der Waals surface area contributed by atoms with E-state index in [1.807, 2.05) is 0 Å². The second kappa shape index (κ2) is 40.0. The van der Waals surface area contributed by atoms with Gasteiger partial charge in [-0.1, -0.05) is 258 Å². The number of rotatable bonds is 42. The van der Waals surface area contributed by atoms with Gasteiger partial charge in [-0.3, -0.25) is 0 Å². The van der Waals surface area contributed by atoms with E-state index in [0.29, 0.717) is 36.2 Å². The molecule has 0 N–H and O–H groups in total. The monoisotopic (exact) mass is 783 g/mol. The third-order valence-electron chi connectivity index (χ3n) is 12.4. The molecule has 2 atom stereocenters. The molecule has 4 nitrogen and oxygen atoms in total. The first kappa shape index (κ1) is 52.2. The van der Waals surface area contributed by atoms with Gasteiger partial charge in [-0.25, -0.2) is 9.59 Å². The molecular weight excluding hydrogens is 689 g/mol. The summed E-state index contributed by atoms with van der Waals surface area (Å²) in [5.74, 6) is -0.106. The van der Waals surface area contributed by atoms with Crippen LogP contribution in [0.3, 0.4) is 0 Å². The van der Waals surface area contributed by atoms with Gasteiger partial charge in [0.2, 0.25) is 0 Å². The fourth-order valence-electron chi connectivity index (χ4n) is 8.15. The highest BCUT2D eigenvalue weighted by atomic mass is 16.5. The molecule has 56 heavy (non-hydrogen) atoms. The van der Waals surface area contributed by atoms with E-state index in [9.17, 15) is 9.59 Å². The number of hydrogen-bond donors (Lipinski definition) is 0. The van der Waals surface area contributed by atoms with Crippen LogP contribution >= 0.6 is 0 Å². The number of benzene rings is 1. The maximum absolute atomic E-state index is 13.2. The maximum Gasteiger partial charge on any atom is 0.339 e. The summed E-state index contributed by atoms with van der Waals surface area (Å²) < 4.78 is 11.6. The van der Waals surface area contributed by atoms with Gasteiger partial charge in [0.25, 0.3) is 0 Å². The van der Waals surface area contributed by atoms with Crippen LogP contribution in [0.4, 0.5) is 0 Å². The van der Waals surface area contributed by atoms with Gasteiger partial charge in [0.15, 0.2) is 0 Å². The molecule has 2 unspecified atom stereocenters. The van der Waals surface area contributed by atoms with Crippen LogP contribution in [-0.4, -0.2) is 25.2 Å². The Hall–Kier alpha value is -1.84. The van der Waals surface area contributed by atoms with Gasteiger partial charge < -0.3 is 9.47 Å². The summed E-state index contributed by atoms with van der Waals surface area (Å²) in [7, 11) is 0. The zero-order valence-electron chi connectivity index (χ0n) is 38.0. The van der Waals surface area contributed by atoms with Crippen LogP contribution in [0.15, 0.2) is 24.3 Å². The van der Waals surface area contributed by atoms with Crippen molar-refractivity contribution in [3.63, 3.8) is 0 Å². The minimum atomic E-state index is -0.414. The van der Waals surface area contributed by atoms with Gasteiger partial charge >= 0.3 is 11.9 Å². The molecule has 0 aromatic heterocycles. The average Bonchev–Trinajstić information content (AvgIpc) is 3.22. The van der Waals surface area contributed by atoms with Gasteiger partial charge in [0.05, 0.1) is 24.3 Å². The predicted octanol–water partition coefficient (Wildman–Crippen LogP) is 17.4. The van der Waals surface area contributed by atoms with E-state index in [0.717, 1.165) is 25.7 Å². The fraction of sp³-hybridized carbons (Fsp3) is 0.846. The molecule has 0 spiro atoms. The summed E-state index contributed by atoms with van der Waals surface area (Å²) in [4.78, 5) is 26.3. The van der Waals surface area contributed by atoms with Crippen molar-refractivity contribution in [1.29, 1.82) is 0 Å². The Morgan fingerprint density at radius 2 is 0.607 bits per heavy atom. The van der Waals surface area contributed by atoms with E-state index < -0.39 is 11.9 Å². The van der Waals surface area contributed by atoms with Crippen molar-refractivity contribution in [3.05, 3.63) is 35.4 Å². The molecule has 0 aliphatic carbocycles. The van der Waals surface area contributed by atoms with Gasteiger partial charge in [-0.2, -0.15) is 0 Å². The van der Waals surface area contributed by atoms with E-state index >= 15 is 0 Å². The average molecular weight is 783 g/mol. The van der Waals surface area contributed by atoms with Crippen LogP contribution in [0.5, 0.6) is 0 Å². The van der Waals surface area contributed by atoms with E-state index in [1.165, 1.54) is 205 Å². The highest BCUT2D eigenvalue weighted by Gasteiger charge is 2.21. The van der Waals surface area contributed by atoms with Crippen LogP contribution in [0.25, 0.3) is 0 Å². The largest absolute Gasteiger partial charge is 0.462 e. The first-order valence-electron chi connectivity index (χ1n) is 25.0. The number of esters is 2. The molecule has 0 amide bonds. The third-order valence-corrected chi connectivity index (χ3v) is 12.4. The molecule has 0 aliphatic rings. The predicted molar refractivity (Wildman–Crippen MR) is 243 cm³/mol. The van der Waals surface area contributed by atoms with Crippen molar-refractivity contribution < 1.29 is 19.1 Å². The molecule has 0 saturated heterocycles. The standard InChI is InChI=1S/C52H94O4/c1-5-9-11-13-15-17-19-21-23-25-27-29-31-33-35-37-41-47(7-3)45-55-51(53)49-43-39-40-44-50(49)52(54)56-46-48(8-4)42-38-36-34-32-30-28-26-24-22-20-18-16-14-12-10-6-2/h39-40,43-44,47-48H,5-38,41-42,45-46H2,1-4H3. The first-order valence-corrected chi connectivity index (χ1v) is 25.0. The Bertz CT molecular complexity index is 925. The fourth-order valence-corrected chi connectivity index (χ4v) is 8.15. The lowest BCUT2D eigenvalue weighted by Gasteiger charge is -2.17. The highest BCUT2D eigenvalue weighted by Crippen LogP contribution is 2.21. The second-order valence-electron chi connectivity index (χ2n) is 17.5. The second-order valence-corrected chi connectivity index (χ2v) is 17.5. The Balaban J connectivity index is 2.16. The van der Waals surface area contributed by atoms with Crippen LogP contribution in [0.1, 0.15) is 280 Å². The van der Waals surface area contributed by atoms with Crippen LogP contribution in [0.2, 0.25) is 0 Å². The summed E-state index contributed by atoms with van der Waals surface area (Å²) in [6, 6.07) is 6.99. The van der Waals surface area contributed by atoms with E-state index in [1.54, 1.807) is 24.3 Å². The quantitative estimate of drug-likeness (QED) is 0.0490. The molecule has 0 heterocycles. The number of hydrogen-bond acceptors (Lipinski definition) is 4. The molecule has 0 aliphatic heterocycles. The molecule has 0 radical (unpaired) electrons. The molecule has 0 bridgehead atoms. The lowest BCUT2D eigenvalue weighted by atomic mass is 9.98. The Morgan fingerprint density at radius 1 is 0.375 bits per heavy atom. The normalized spacial score (nSPS) is 12.5. The number of ether oxygens (including phenoxy) is 2. The van der Waals surface area contributed by atoms with Crippen molar-refractivity contribution in [2.24, 2.45) is 11.8 Å². The Morgan fingerprint density at radius 3 is 0.839 bits per heavy atom. The minimum absolute atomic E-state index is 0.320. The van der Waals surface area contributed by atoms with Crippen LogP contribution in [0, 0.1) is 11.8 Å². The third kappa shape index (κ3) is 30.3. The molecule has 0 saturated carbocycles. The van der Waals surface area contributed by atoms with Gasteiger partial charge in [0, 0.05) is 0 Å². The van der Waals surface area contributed by atoms with Gasteiger partial charge in [-0.15, -0.1) is 0 Å². The minimum Gasteiger partial charge on any atom is -0.462 e. The van der Waals surface area contributed by atoms with Crippen molar-refractivity contribution in [3.8, 4) is 0 Å². The number of carbonyl (C=O) groups excluding carboxylic acids is 2. The Kier molecular flexibility index (Phi) is 37.2. The van der Waals surface area contributed by atoms with Crippen LogP contribution in [-0.2, 0) is 9.47 Å². The summed E-state index contributed by atoms with van der Waals surface area (Å²) in [5, 5.41) is 0. The Labute approximate surface area is 349 Å². The van der Waals surface area contributed by atoms with Crippen molar-refractivity contribution >= 4 is 11.9 Å². The molecule has 1 aromatic carbocycles. The summed E-state index contributed by atoms with van der Waals surface area (Å²) in [6.07, 6.45) is 48.2. The molecule has 1 aromatic rings. The number of unbranched alkanes of at least 4 members (excludes halogenated alkanes) is 30. The molecule has 1 rings (SSSR count). The van der Waals surface area contributed by atoms with E-state index in [4.69, 9.17) is 9.47 Å². The molecule has 4 heteroatoms. The SMILES string of the molecule is CCCCCCCCCCCCCCCCCCC(CC)COC(=O)c1ccccc1C(=O)OCC(CC)CCCCCCCCCCCCCCCCCC.